The molecule has 9 heteroatoms. The Labute approximate surface area is 152 Å². The molecule has 27 heavy (non-hydrogen) atoms. The fourth-order valence-electron chi connectivity index (χ4n) is 2.21. The summed E-state index contributed by atoms with van der Waals surface area (Å²) in [4.78, 5) is 11.8. The molecule has 0 saturated heterocycles. The van der Waals surface area contributed by atoms with E-state index < -0.39 is 18.4 Å². The van der Waals surface area contributed by atoms with Crippen molar-refractivity contribution in [3.63, 3.8) is 0 Å². The number of benzene rings is 2. The highest BCUT2D eigenvalue weighted by Crippen LogP contribution is 2.29. The van der Waals surface area contributed by atoms with Crippen LogP contribution in [0, 0.1) is 0 Å². The summed E-state index contributed by atoms with van der Waals surface area (Å²) in [6.45, 7) is -2.65. The van der Waals surface area contributed by atoms with E-state index in [4.69, 9.17) is 0 Å². The lowest BCUT2D eigenvalue weighted by Gasteiger charge is -2.10. The molecule has 1 amide bonds. The SMILES string of the molecule is O=C(CNc1ccc(C(F)(F)F)cc1)NCCc1ccc(OC(F)F)cc1. The molecule has 2 N–H and O–H groups in total. The Kier molecular flexibility index (Phi) is 6.98. The van der Waals surface area contributed by atoms with Crippen molar-refractivity contribution in [1.82, 2.24) is 5.32 Å². The third-order valence-electron chi connectivity index (χ3n) is 3.55. The Morgan fingerprint density at radius 2 is 1.63 bits per heavy atom. The maximum atomic E-state index is 12.5. The quantitative estimate of drug-likeness (QED) is 0.670. The molecule has 0 heterocycles. The molecule has 0 unspecified atom stereocenters. The van der Waals surface area contributed by atoms with Crippen LogP contribution < -0.4 is 15.4 Å². The smallest absolute Gasteiger partial charge is 0.416 e. The van der Waals surface area contributed by atoms with Gasteiger partial charge in [-0.25, -0.2) is 0 Å². The summed E-state index contributed by atoms with van der Waals surface area (Å²) in [5, 5.41) is 5.38. The zero-order chi connectivity index (χ0) is 19.9. The van der Waals surface area contributed by atoms with Crippen LogP contribution in [0.5, 0.6) is 5.75 Å². The van der Waals surface area contributed by atoms with E-state index in [1.54, 1.807) is 12.1 Å². The van der Waals surface area contributed by atoms with Crippen LogP contribution in [0.3, 0.4) is 0 Å². The van der Waals surface area contributed by atoms with Gasteiger partial charge in [-0.05, 0) is 48.4 Å². The number of anilines is 1. The standard InChI is InChI=1S/C18H17F5N2O2/c19-17(20)27-15-7-1-12(2-8-15)9-10-24-16(26)11-25-14-5-3-13(4-6-14)18(21,22)23/h1-8,17,25H,9-11H2,(H,24,26). The number of hydrogen-bond acceptors (Lipinski definition) is 3. The number of carbonyl (C=O) groups excluding carboxylic acids is 1. The molecule has 0 fully saturated rings. The average molecular weight is 388 g/mol. The lowest BCUT2D eigenvalue weighted by Crippen LogP contribution is -2.31. The molecule has 0 atom stereocenters. The number of alkyl halides is 5. The van der Waals surface area contributed by atoms with Gasteiger partial charge in [-0.1, -0.05) is 12.1 Å². The van der Waals surface area contributed by atoms with E-state index >= 15 is 0 Å². The van der Waals surface area contributed by atoms with Gasteiger partial charge in [0.15, 0.2) is 0 Å². The Bertz CT molecular complexity index is 731. The van der Waals surface area contributed by atoms with Gasteiger partial charge in [0.1, 0.15) is 5.75 Å². The minimum Gasteiger partial charge on any atom is -0.435 e. The first-order valence-corrected chi connectivity index (χ1v) is 7.95. The van der Waals surface area contributed by atoms with Crippen molar-refractivity contribution in [2.75, 3.05) is 18.4 Å². The Morgan fingerprint density at radius 3 is 2.19 bits per heavy atom. The van der Waals surface area contributed by atoms with Gasteiger partial charge in [0.05, 0.1) is 12.1 Å². The molecule has 0 saturated carbocycles. The lowest BCUT2D eigenvalue weighted by molar-refractivity contribution is -0.137. The second-order valence-corrected chi connectivity index (χ2v) is 5.55. The van der Waals surface area contributed by atoms with Gasteiger partial charge in [-0.15, -0.1) is 0 Å². The van der Waals surface area contributed by atoms with Crippen LogP contribution >= 0.6 is 0 Å². The molecular formula is C18H17F5N2O2. The first kappa shape index (κ1) is 20.5. The van der Waals surface area contributed by atoms with Gasteiger partial charge >= 0.3 is 12.8 Å². The van der Waals surface area contributed by atoms with E-state index in [0.29, 0.717) is 18.7 Å². The Hall–Kier alpha value is -2.84. The Morgan fingerprint density at radius 1 is 1.00 bits per heavy atom. The van der Waals surface area contributed by atoms with Crippen LogP contribution in [0.25, 0.3) is 0 Å². The molecule has 2 aromatic carbocycles. The minimum absolute atomic E-state index is 0.0542. The van der Waals surface area contributed by atoms with Crippen LogP contribution in [0.2, 0.25) is 0 Å². The molecule has 146 valence electrons. The highest BCUT2D eigenvalue weighted by molar-refractivity contribution is 5.80. The topological polar surface area (TPSA) is 50.4 Å². The number of amides is 1. The van der Waals surface area contributed by atoms with Gasteiger partial charge in [0.2, 0.25) is 5.91 Å². The van der Waals surface area contributed by atoms with Gasteiger partial charge in [-0.2, -0.15) is 22.0 Å². The van der Waals surface area contributed by atoms with Crippen LogP contribution in [0.4, 0.5) is 27.6 Å². The average Bonchev–Trinajstić information content (AvgIpc) is 2.60. The molecule has 2 aromatic rings. The van der Waals surface area contributed by atoms with Gasteiger partial charge in [-0.3, -0.25) is 4.79 Å². The highest BCUT2D eigenvalue weighted by atomic mass is 19.4. The first-order chi connectivity index (χ1) is 12.7. The van der Waals surface area contributed by atoms with Gasteiger partial charge < -0.3 is 15.4 Å². The van der Waals surface area contributed by atoms with E-state index in [-0.39, 0.29) is 18.2 Å². The summed E-state index contributed by atoms with van der Waals surface area (Å²) in [5.41, 5.74) is 0.461. The summed E-state index contributed by atoms with van der Waals surface area (Å²) in [5.74, 6) is -0.272. The molecule has 0 bridgehead atoms. The number of carbonyl (C=O) groups is 1. The number of nitrogens with one attached hydrogen (secondary N) is 2. The molecule has 0 aliphatic rings. The van der Waals surface area contributed by atoms with Crippen molar-refractivity contribution >= 4 is 11.6 Å². The summed E-state index contributed by atoms with van der Waals surface area (Å²) in [7, 11) is 0. The van der Waals surface area contributed by atoms with Crippen LogP contribution in [0.15, 0.2) is 48.5 Å². The summed E-state index contributed by atoms with van der Waals surface area (Å²) >= 11 is 0. The van der Waals surface area contributed by atoms with Crippen molar-refractivity contribution in [2.45, 2.75) is 19.2 Å². The number of hydrogen-bond donors (Lipinski definition) is 2. The monoisotopic (exact) mass is 388 g/mol. The fraction of sp³-hybridized carbons (Fsp3) is 0.278. The summed E-state index contributed by atoms with van der Waals surface area (Å²) in [6, 6.07) is 10.4. The van der Waals surface area contributed by atoms with Crippen molar-refractivity contribution in [1.29, 1.82) is 0 Å². The van der Waals surface area contributed by atoms with Crippen LogP contribution in [-0.2, 0) is 17.4 Å². The van der Waals surface area contributed by atoms with Gasteiger partial charge in [0.25, 0.3) is 0 Å². The van der Waals surface area contributed by atoms with E-state index in [9.17, 15) is 26.7 Å². The van der Waals surface area contributed by atoms with E-state index in [0.717, 1.165) is 17.7 Å². The third-order valence-corrected chi connectivity index (χ3v) is 3.55. The Balaban J connectivity index is 1.70. The highest BCUT2D eigenvalue weighted by Gasteiger charge is 2.29. The molecule has 0 aromatic heterocycles. The zero-order valence-corrected chi connectivity index (χ0v) is 14.0. The van der Waals surface area contributed by atoms with Crippen molar-refractivity contribution in [3.8, 4) is 5.75 Å². The molecule has 0 aliphatic heterocycles. The number of halogens is 5. The maximum Gasteiger partial charge on any atom is 0.416 e. The van der Waals surface area contributed by atoms with E-state index in [2.05, 4.69) is 15.4 Å². The molecular weight excluding hydrogens is 371 g/mol. The van der Waals surface area contributed by atoms with E-state index in [1.165, 1.54) is 24.3 Å². The molecule has 0 radical (unpaired) electrons. The third kappa shape index (κ3) is 7.12. The summed E-state index contributed by atoms with van der Waals surface area (Å²) < 4.78 is 65.7. The predicted octanol–water partition coefficient (Wildman–Crippen LogP) is 4.08. The van der Waals surface area contributed by atoms with Crippen molar-refractivity contribution in [2.24, 2.45) is 0 Å². The van der Waals surface area contributed by atoms with Crippen molar-refractivity contribution < 1.29 is 31.5 Å². The van der Waals surface area contributed by atoms with Crippen molar-refractivity contribution in [3.05, 3.63) is 59.7 Å². The van der Waals surface area contributed by atoms with Gasteiger partial charge in [0, 0.05) is 12.2 Å². The zero-order valence-electron chi connectivity index (χ0n) is 14.0. The predicted molar refractivity (Wildman–Crippen MR) is 89.7 cm³/mol. The number of ether oxygens (including phenoxy) is 1. The van der Waals surface area contributed by atoms with Crippen LogP contribution in [-0.4, -0.2) is 25.6 Å². The van der Waals surface area contributed by atoms with E-state index in [1.807, 2.05) is 0 Å². The maximum absolute atomic E-state index is 12.5. The number of rotatable bonds is 8. The van der Waals surface area contributed by atoms with Crippen LogP contribution in [0.1, 0.15) is 11.1 Å². The largest absolute Gasteiger partial charge is 0.435 e. The normalized spacial score (nSPS) is 11.3. The molecule has 0 spiro atoms. The molecule has 4 nitrogen and oxygen atoms in total. The fourth-order valence-corrected chi connectivity index (χ4v) is 2.21. The minimum atomic E-state index is -4.40. The second kappa shape index (κ2) is 9.20. The first-order valence-electron chi connectivity index (χ1n) is 7.95. The molecule has 0 aliphatic carbocycles. The second-order valence-electron chi connectivity index (χ2n) is 5.55. The molecule has 2 rings (SSSR count). The lowest BCUT2D eigenvalue weighted by atomic mass is 10.1. The summed E-state index contributed by atoms with van der Waals surface area (Å²) in [6.07, 6.45) is -3.92.